The minimum Gasteiger partial charge on any atom is -0.495 e. The summed E-state index contributed by atoms with van der Waals surface area (Å²) in [7, 11) is 1.60. The predicted molar refractivity (Wildman–Crippen MR) is 131 cm³/mol. The first-order valence-corrected chi connectivity index (χ1v) is 11.2. The Morgan fingerprint density at radius 3 is 2.82 bits per heavy atom. The highest BCUT2D eigenvalue weighted by Crippen LogP contribution is 2.38. The van der Waals surface area contributed by atoms with Crippen molar-refractivity contribution in [3.63, 3.8) is 0 Å². The van der Waals surface area contributed by atoms with Crippen molar-refractivity contribution in [3.8, 4) is 11.8 Å². The summed E-state index contributed by atoms with van der Waals surface area (Å²) in [5.74, 6) is 0.425. The van der Waals surface area contributed by atoms with Crippen molar-refractivity contribution in [2.75, 3.05) is 19.0 Å². The van der Waals surface area contributed by atoms with Crippen LogP contribution in [0, 0.1) is 11.3 Å². The summed E-state index contributed by atoms with van der Waals surface area (Å²) in [5.41, 5.74) is 2.48. The number of amides is 1. The summed E-state index contributed by atoms with van der Waals surface area (Å²) in [4.78, 5) is 29.3. The van der Waals surface area contributed by atoms with Crippen LogP contribution in [0.2, 0.25) is 0 Å². The number of benzene rings is 2. The molecule has 7 nitrogen and oxygen atoms in total. The van der Waals surface area contributed by atoms with Crippen LogP contribution in [-0.2, 0) is 4.79 Å². The Balaban J connectivity index is 1.69. The molecular formula is C27H26N4O3. The summed E-state index contributed by atoms with van der Waals surface area (Å²) in [6.07, 6.45) is 2.96. The molecule has 2 unspecified atom stereocenters. The summed E-state index contributed by atoms with van der Waals surface area (Å²) in [6.45, 7) is 4.03. The van der Waals surface area contributed by atoms with E-state index in [-0.39, 0.29) is 23.7 Å². The average Bonchev–Trinajstić information content (AvgIpc) is 2.88. The molecule has 4 rings (SSSR count). The second kappa shape index (κ2) is 10.2. The third kappa shape index (κ3) is 4.91. The van der Waals surface area contributed by atoms with Gasteiger partial charge in [0.05, 0.1) is 18.9 Å². The number of hydrogen-bond donors (Lipinski definition) is 2. The second-order valence-corrected chi connectivity index (χ2v) is 8.38. The number of methoxy groups -OCH3 is 1. The molecule has 1 saturated carbocycles. The quantitative estimate of drug-likeness (QED) is 0.514. The lowest BCUT2D eigenvalue weighted by atomic mass is 9.78. The van der Waals surface area contributed by atoms with Gasteiger partial charge in [-0.25, -0.2) is 0 Å². The van der Waals surface area contributed by atoms with Gasteiger partial charge in [0.2, 0.25) is 0 Å². The van der Waals surface area contributed by atoms with Crippen LogP contribution >= 0.6 is 0 Å². The largest absolute Gasteiger partial charge is 0.495 e. The Bertz CT molecular complexity index is 1280. The molecule has 1 heterocycles. The van der Waals surface area contributed by atoms with E-state index in [1.807, 2.05) is 36.4 Å². The molecular weight excluding hydrogens is 428 g/mol. The first-order chi connectivity index (χ1) is 16.5. The highest BCUT2D eigenvalue weighted by Gasteiger charge is 2.32. The Hall–Kier alpha value is -4.18. The maximum atomic E-state index is 12.8. The highest BCUT2D eigenvalue weighted by atomic mass is 16.5. The van der Waals surface area contributed by atoms with Gasteiger partial charge < -0.3 is 15.4 Å². The van der Waals surface area contributed by atoms with E-state index in [0.29, 0.717) is 42.8 Å². The number of ketones is 1. The van der Waals surface area contributed by atoms with Crippen LogP contribution in [-0.4, -0.2) is 36.4 Å². The molecule has 2 atom stereocenters. The molecule has 172 valence electrons. The zero-order valence-corrected chi connectivity index (χ0v) is 19.0. The van der Waals surface area contributed by atoms with Crippen molar-refractivity contribution in [1.29, 1.82) is 5.26 Å². The Labute approximate surface area is 198 Å². The molecule has 3 aromatic rings. The summed E-state index contributed by atoms with van der Waals surface area (Å²) in [6, 6.07) is 17.0. The number of nitriles is 1. The number of nitrogens with zero attached hydrogens (tertiary/aromatic N) is 2. The zero-order valence-electron chi connectivity index (χ0n) is 19.0. The molecule has 2 N–H and O–H groups in total. The maximum absolute atomic E-state index is 12.8. The monoisotopic (exact) mass is 454 g/mol. The lowest BCUT2D eigenvalue weighted by Crippen LogP contribution is -2.43. The van der Waals surface area contributed by atoms with Crippen LogP contribution in [0.25, 0.3) is 10.8 Å². The first kappa shape index (κ1) is 23.0. The van der Waals surface area contributed by atoms with Crippen molar-refractivity contribution < 1.29 is 14.3 Å². The molecule has 0 spiro atoms. The SMILES string of the molecule is C=C(C#N)CNc1c(OC)ccc2ccc(C3CC(=O)CCC3NC(=O)c3ccccn3)cc12. The van der Waals surface area contributed by atoms with Gasteiger partial charge in [-0.05, 0) is 41.6 Å². The summed E-state index contributed by atoms with van der Waals surface area (Å²) < 4.78 is 5.55. The van der Waals surface area contributed by atoms with Crippen LogP contribution in [0.15, 0.2) is 66.9 Å². The smallest absolute Gasteiger partial charge is 0.270 e. The van der Waals surface area contributed by atoms with Crippen molar-refractivity contribution in [1.82, 2.24) is 10.3 Å². The van der Waals surface area contributed by atoms with Crippen LogP contribution < -0.4 is 15.4 Å². The normalized spacial score (nSPS) is 17.6. The number of ether oxygens (including phenoxy) is 1. The van der Waals surface area contributed by atoms with Gasteiger partial charge in [-0.2, -0.15) is 5.26 Å². The van der Waals surface area contributed by atoms with Gasteiger partial charge >= 0.3 is 0 Å². The van der Waals surface area contributed by atoms with Gasteiger partial charge in [0.15, 0.2) is 0 Å². The number of aromatic nitrogens is 1. The number of anilines is 1. The van der Waals surface area contributed by atoms with E-state index >= 15 is 0 Å². The molecule has 0 saturated heterocycles. The standard InChI is InChI=1S/C27H26N4O3/c1-17(15-28)16-30-26-22-13-19(7-6-18(22)8-11-25(26)34-2)21-14-20(32)9-10-23(21)31-27(33)24-5-3-4-12-29-24/h3-8,11-13,21,23,30H,1,9-10,14,16H2,2H3,(H,31,33). The fourth-order valence-electron chi connectivity index (χ4n) is 4.40. The molecule has 34 heavy (non-hydrogen) atoms. The van der Waals surface area contributed by atoms with Gasteiger partial charge in [-0.15, -0.1) is 0 Å². The topological polar surface area (TPSA) is 104 Å². The molecule has 1 aromatic heterocycles. The van der Waals surface area contributed by atoms with Gasteiger partial charge in [-0.3, -0.25) is 14.6 Å². The number of Topliss-reactive ketones (excluding diaryl/α,β-unsaturated/α-hetero) is 1. The third-order valence-electron chi connectivity index (χ3n) is 6.17. The molecule has 1 aliphatic carbocycles. The predicted octanol–water partition coefficient (Wildman–Crippen LogP) is 4.37. The molecule has 0 radical (unpaired) electrons. The number of rotatable bonds is 7. The van der Waals surface area contributed by atoms with Crippen molar-refractivity contribution in [3.05, 3.63) is 78.1 Å². The Morgan fingerprint density at radius 2 is 2.09 bits per heavy atom. The summed E-state index contributed by atoms with van der Waals surface area (Å²) in [5, 5.41) is 17.4. The summed E-state index contributed by atoms with van der Waals surface area (Å²) >= 11 is 0. The van der Waals surface area contributed by atoms with Gasteiger partial charge in [-0.1, -0.05) is 30.8 Å². The van der Waals surface area contributed by atoms with Crippen LogP contribution in [0.3, 0.4) is 0 Å². The number of carbonyl (C=O) groups excluding carboxylic acids is 2. The minimum absolute atomic E-state index is 0.161. The number of hydrogen-bond acceptors (Lipinski definition) is 6. The molecule has 1 fully saturated rings. The molecule has 7 heteroatoms. The molecule has 1 aliphatic rings. The van der Waals surface area contributed by atoms with Crippen LogP contribution in [0.5, 0.6) is 5.75 Å². The average molecular weight is 455 g/mol. The maximum Gasteiger partial charge on any atom is 0.270 e. The third-order valence-corrected chi connectivity index (χ3v) is 6.17. The lowest BCUT2D eigenvalue weighted by Gasteiger charge is -2.32. The second-order valence-electron chi connectivity index (χ2n) is 8.38. The van der Waals surface area contributed by atoms with E-state index in [1.165, 1.54) is 0 Å². The van der Waals surface area contributed by atoms with Gasteiger partial charge in [0.25, 0.3) is 5.91 Å². The number of nitrogens with one attached hydrogen (secondary N) is 2. The molecule has 2 aromatic carbocycles. The van der Waals surface area contributed by atoms with Crippen molar-refractivity contribution in [2.24, 2.45) is 0 Å². The van der Waals surface area contributed by atoms with E-state index in [9.17, 15) is 9.59 Å². The first-order valence-electron chi connectivity index (χ1n) is 11.2. The van der Waals surface area contributed by atoms with Crippen LogP contribution in [0.4, 0.5) is 5.69 Å². The van der Waals surface area contributed by atoms with E-state index in [0.717, 1.165) is 22.0 Å². The molecule has 1 amide bonds. The highest BCUT2D eigenvalue weighted by molar-refractivity contribution is 5.98. The van der Waals surface area contributed by atoms with Gasteiger partial charge in [0, 0.05) is 48.5 Å². The lowest BCUT2D eigenvalue weighted by molar-refractivity contribution is -0.121. The molecule has 0 aliphatic heterocycles. The number of fused-ring (bicyclic) bond motifs is 1. The van der Waals surface area contributed by atoms with E-state index < -0.39 is 0 Å². The van der Waals surface area contributed by atoms with Crippen LogP contribution in [0.1, 0.15) is 41.2 Å². The minimum atomic E-state index is -0.246. The Kier molecular flexibility index (Phi) is 6.88. The van der Waals surface area contributed by atoms with Gasteiger partial charge in [0.1, 0.15) is 17.2 Å². The van der Waals surface area contributed by atoms with Crippen molar-refractivity contribution in [2.45, 2.75) is 31.2 Å². The fourth-order valence-corrected chi connectivity index (χ4v) is 4.40. The molecule has 0 bridgehead atoms. The van der Waals surface area contributed by atoms with Crippen molar-refractivity contribution >= 4 is 28.2 Å². The van der Waals surface area contributed by atoms with E-state index in [1.54, 1.807) is 31.5 Å². The zero-order chi connectivity index (χ0) is 24.1. The number of pyridine rings is 1. The number of carbonyl (C=O) groups is 2. The van der Waals surface area contributed by atoms with E-state index in [4.69, 9.17) is 10.00 Å². The van der Waals surface area contributed by atoms with E-state index in [2.05, 4.69) is 22.2 Å². The Morgan fingerprint density at radius 1 is 1.26 bits per heavy atom. The fraction of sp³-hybridized carbons (Fsp3) is 0.259.